The van der Waals surface area contributed by atoms with Crippen LogP contribution in [0.4, 0.5) is 0 Å². The molecule has 66 heavy (non-hydrogen) atoms. The molecule has 0 saturated heterocycles. The second-order valence-electron chi connectivity index (χ2n) is 17.8. The summed E-state index contributed by atoms with van der Waals surface area (Å²) in [5.41, 5.74) is 0. The maximum Gasteiger partial charge on any atom is 0.306 e. The lowest BCUT2D eigenvalue weighted by Gasteiger charge is -2.18. The van der Waals surface area contributed by atoms with Crippen LogP contribution in [0.25, 0.3) is 0 Å². The topological polar surface area (TPSA) is 78.9 Å². The monoisotopic (exact) mass is 917 g/mol. The first-order chi connectivity index (χ1) is 32.5. The predicted octanol–water partition coefficient (Wildman–Crippen LogP) is 18.1. The molecule has 0 bridgehead atoms. The van der Waals surface area contributed by atoms with Gasteiger partial charge >= 0.3 is 17.9 Å². The largest absolute Gasteiger partial charge is 0.462 e. The summed E-state index contributed by atoms with van der Waals surface area (Å²) in [5, 5.41) is 0. The molecule has 1 atom stereocenters. The van der Waals surface area contributed by atoms with Crippen molar-refractivity contribution < 1.29 is 28.6 Å². The molecule has 0 aliphatic heterocycles. The summed E-state index contributed by atoms with van der Waals surface area (Å²) in [6, 6.07) is 0. The molecule has 0 radical (unpaired) electrons. The second kappa shape index (κ2) is 53.9. The van der Waals surface area contributed by atoms with Crippen molar-refractivity contribution in [3.05, 3.63) is 97.2 Å². The number of carbonyl (C=O) groups is 3. The third kappa shape index (κ3) is 51.3. The maximum absolute atomic E-state index is 12.8. The highest BCUT2D eigenvalue weighted by atomic mass is 16.6. The Balaban J connectivity index is 4.47. The number of unbranched alkanes of at least 4 members (excludes halogenated alkanes) is 23. The molecule has 0 spiro atoms. The van der Waals surface area contributed by atoms with Crippen LogP contribution < -0.4 is 0 Å². The SMILES string of the molecule is CC/C=C\C/C=C\C/C=C\C/C=C\C/C=C\CCCCCC(=O)OCC(COC(=O)CCCCCCCCCCCCC)OC(=O)CCCCCCC\C=C/C=C\C=C/CCCCCCC. The molecule has 376 valence electrons. The van der Waals surface area contributed by atoms with Crippen molar-refractivity contribution in [3.63, 3.8) is 0 Å². The van der Waals surface area contributed by atoms with Gasteiger partial charge in [0.15, 0.2) is 6.10 Å². The smallest absolute Gasteiger partial charge is 0.306 e. The summed E-state index contributed by atoms with van der Waals surface area (Å²) in [6.45, 7) is 6.45. The van der Waals surface area contributed by atoms with Crippen molar-refractivity contribution in [2.45, 2.75) is 252 Å². The molecule has 0 aliphatic carbocycles. The highest BCUT2D eigenvalue weighted by molar-refractivity contribution is 5.71. The zero-order chi connectivity index (χ0) is 47.9. The van der Waals surface area contributed by atoms with Gasteiger partial charge in [-0.25, -0.2) is 0 Å². The van der Waals surface area contributed by atoms with E-state index in [0.29, 0.717) is 19.3 Å². The Labute approximate surface area is 407 Å². The van der Waals surface area contributed by atoms with E-state index in [-0.39, 0.29) is 31.1 Å². The zero-order valence-corrected chi connectivity index (χ0v) is 42.9. The van der Waals surface area contributed by atoms with Crippen molar-refractivity contribution in [3.8, 4) is 0 Å². The molecule has 0 aromatic heterocycles. The summed E-state index contributed by atoms with van der Waals surface area (Å²) < 4.78 is 16.8. The van der Waals surface area contributed by atoms with Gasteiger partial charge in [-0.1, -0.05) is 234 Å². The molecule has 0 aromatic rings. The summed E-state index contributed by atoms with van der Waals surface area (Å²) in [4.78, 5) is 38.0. The van der Waals surface area contributed by atoms with Gasteiger partial charge in [0.1, 0.15) is 13.2 Å². The van der Waals surface area contributed by atoms with E-state index in [1.807, 2.05) is 0 Å². The van der Waals surface area contributed by atoms with E-state index in [0.717, 1.165) is 122 Å². The van der Waals surface area contributed by atoms with Gasteiger partial charge in [0.2, 0.25) is 0 Å². The third-order valence-electron chi connectivity index (χ3n) is 11.4. The Morgan fingerprint density at radius 2 is 0.652 bits per heavy atom. The molecule has 0 aromatic carbocycles. The van der Waals surface area contributed by atoms with Crippen molar-refractivity contribution in [1.29, 1.82) is 0 Å². The van der Waals surface area contributed by atoms with Crippen LogP contribution in [0.5, 0.6) is 0 Å². The number of rotatable bonds is 48. The Morgan fingerprint density at radius 1 is 0.333 bits per heavy atom. The summed E-state index contributed by atoms with van der Waals surface area (Å²) in [6.07, 6.45) is 71.0. The molecule has 0 amide bonds. The lowest BCUT2D eigenvalue weighted by molar-refractivity contribution is -0.167. The molecule has 0 N–H and O–H groups in total. The van der Waals surface area contributed by atoms with Crippen LogP contribution in [0.2, 0.25) is 0 Å². The van der Waals surface area contributed by atoms with Crippen molar-refractivity contribution in [1.82, 2.24) is 0 Å². The second-order valence-corrected chi connectivity index (χ2v) is 17.8. The number of ether oxygens (including phenoxy) is 3. The van der Waals surface area contributed by atoms with Gasteiger partial charge in [-0.3, -0.25) is 14.4 Å². The van der Waals surface area contributed by atoms with Gasteiger partial charge in [0, 0.05) is 19.3 Å². The zero-order valence-electron chi connectivity index (χ0n) is 42.9. The van der Waals surface area contributed by atoms with Crippen LogP contribution in [0.15, 0.2) is 97.2 Å². The van der Waals surface area contributed by atoms with Crippen molar-refractivity contribution in [2.24, 2.45) is 0 Å². The summed E-state index contributed by atoms with van der Waals surface area (Å²) >= 11 is 0. The van der Waals surface area contributed by atoms with Gasteiger partial charge in [-0.2, -0.15) is 0 Å². The number of allylic oxidation sites excluding steroid dienone is 16. The third-order valence-corrected chi connectivity index (χ3v) is 11.4. The van der Waals surface area contributed by atoms with Gasteiger partial charge in [0.05, 0.1) is 0 Å². The minimum atomic E-state index is -0.801. The Bertz CT molecular complexity index is 1330. The normalized spacial score (nSPS) is 12.8. The number of carbonyl (C=O) groups excluding carboxylic acids is 3. The van der Waals surface area contributed by atoms with E-state index < -0.39 is 6.10 Å². The quantitative estimate of drug-likeness (QED) is 0.0199. The molecule has 0 aliphatic rings. The van der Waals surface area contributed by atoms with E-state index in [1.54, 1.807) is 0 Å². The predicted molar refractivity (Wildman–Crippen MR) is 284 cm³/mol. The standard InChI is InChI=1S/C60H100O6/c1-4-7-10-13-16-19-22-24-26-28-30-32-33-35-38-41-44-47-50-53-59(62)65-56-57(55-64-58(61)52-49-46-43-40-37-21-18-15-12-9-6-3)66-60(63)54-51-48-45-42-39-36-34-31-29-27-25-23-20-17-14-11-8-5-2/h7,10,16,19,23-27,29-32,34-35,38,57H,4-6,8-9,11-15,17-18,20-22,28,33,36-37,39-56H2,1-3H3/b10-7-,19-16-,25-23-,26-24-,29-27-,32-30-,34-31-,38-35-. The van der Waals surface area contributed by atoms with E-state index in [4.69, 9.17) is 14.2 Å². The van der Waals surface area contributed by atoms with E-state index in [9.17, 15) is 14.4 Å². The van der Waals surface area contributed by atoms with Crippen molar-refractivity contribution >= 4 is 17.9 Å². The molecular weight excluding hydrogens is 817 g/mol. The molecule has 0 rings (SSSR count). The Hall–Kier alpha value is -3.67. The average Bonchev–Trinajstić information content (AvgIpc) is 3.31. The molecule has 0 saturated carbocycles. The van der Waals surface area contributed by atoms with Gasteiger partial charge < -0.3 is 14.2 Å². The highest BCUT2D eigenvalue weighted by Crippen LogP contribution is 2.14. The molecule has 1 unspecified atom stereocenters. The molecule has 6 nitrogen and oxygen atoms in total. The van der Waals surface area contributed by atoms with Crippen LogP contribution >= 0.6 is 0 Å². The van der Waals surface area contributed by atoms with Crippen molar-refractivity contribution in [2.75, 3.05) is 13.2 Å². The number of hydrogen-bond acceptors (Lipinski definition) is 6. The van der Waals surface area contributed by atoms with Crippen LogP contribution in [0, 0.1) is 0 Å². The molecular formula is C60H100O6. The fourth-order valence-electron chi connectivity index (χ4n) is 7.29. The lowest BCUT2D eigenvalue weighted by atomic mass is 10.1. The molecule has 0 fully saturated rings. The minimum Gasteiger partial charge on any atom is -0.462 e. The summed E-state index contributed by atoms with van der Waals surface area (Å²) in [7, 11) is 0. The highest BCUT2D eigenvalue weighted by Gasteiger charge is 2.19. The first-order valence-electron chi connectivity index (χ1n) is 27.3. The minimum absolute atomic E-state index is 0.0960. The lowest BCUT2D eigenvalue weighted by Crippen LogP contribution is -2.30. The fourth-order valence-corrected chi connectivity index (χ4v) is 7.29. The fraction of sp³-hybridized carbons (Fsp3) is 0.683. The maximum atomic E-state index is 12.8. The van der Waals surface area contributed by atoms with Gasteiger partial charge in [-0.15, -0.1) is 0 Å². The Morgan fingerprint density at radius 3 is 1.06 bits per heavy atom. The van der Waals surface area contributed by atoms with Crippen LogP contribution in [0.1, 0.15) is 245 Å². The number of hydrogen-bond donors (Lipinski definition) is 0. The van der Waals surface area contributed by atoms with E-state index in [1.165, 1.54) is 83.5 Å². The first-order valence-corrected chi connectivity index (χ1v) is 27.3. The van der Waals surface area contributed by atoms with Crippen LogP contribution in [0.3, 0.4) is 0 Å². The van der Waals surface area contributed by atoms with Crippen LogP contribution in [-0.2, 0) is 28.6 Å². The first kappa shape index (κ1) is 62.3. The summed E-state index contributed by atoms with van der Waals surface area (Å²) in [5.74, 6) is -0.950. The Kier molecular flexibility index (Phi) is 50.9. The molecule has 0 heterocycles. The van der Waals surface area contributed by atoms with Crippen LogP contribution in [-0.4, -0.2) is 37.2 Å². The van der Waals surface area contributed by atoms with Gasteiger partial charge in [0.25, 0.3) is 0 Å². The average molecular weight is 917 g/mol. The number of esters is 3. The van der Waals surface area contributed by atoms with E-state index in [2.05, 4.69) is 118 Å². The molecule has 6 heteroatoms. The van der Waals surface area contributed by atoms with E-state index >= 15 is 0 Å². The van der Waals surface area contributed by atoms with Gasteiger partial charge in [-0.05, 0) is 89.9 Å².